The highest BCUT2D eigenvalue weighted by atomic mass is 19.4. The average Bonchev–Trinajstić information content (AvgIpc) is 2.45. The van der Waals surface area contributed by atoms with Crippen LogP contribution in [0.1, 0.15) is 10.4 Å². The first-order valence-electron chi connectivity index (χ1n) is 6.48. The van der Waals surface area contributed by atoms with E-state index in [4.69, 9.17) is 0 Å². The summed E-state index contributed by atoms with van der Waals surface area (Å²) in [7, 11) is 0. The Kier molecular flexibility index (Phi) is 4.63. The van der Waals surface area contributed by atoms with Crippen molar-refractivity contribution in [3.05, 3.63) is 48.0 Å². The van der Waals surface area contributed by atoms with Gasteiger partial charge in [-0.3, -0.25) is 9.59 Å². The normalized spacial score (nSPS) is 11.0. The van der Waals surface area contributed by atoms with Crippen molar-refractivity contribution in [3.63, 3.8) is 0 Å². The van der Waals surface area contributed by atoms with E-state index in [9.17, 15) is 33.0 Å². The molecular formula is C15H11F3N2O4. The SMILES string of the molecule is O=C(Nc1cccc(NC(=O)C(F)(F)F)c1)c1cc(O)cc(O)c1. The number of carbonyl (C=O) groups is 2. The van der Waals surface area contributed by atoms with Gasteiger partial charge in [-0.2, -0.15) is 13.2 Å². The van der Waals surface area contributed by atoms with Gasteiger partial charge in [0.1, 0.15) is 11.5 Å². The minimum Gasteiger partial charge on any atom is -0.508 e. The van der Waals surface area contributed by atoms with E-state index >= 15 is 0 Å². The Balaban J connectivity index is 2.14. The van der Waals surface area contributed by atoms with Crippen molar-refractivity contribution in [2.45, 2.75) is 6.18 Å². The van der Waals surface area contributed by atoms with Gasteiger partial charge in [0, 0.05) is 23.0 Å². The number of amides is 2. The highest BCUT2D eigenvalue weighted by molar-refractivity contribution is 6.05. The summed E-state index contributed by atoms with van der Waals surface area (Å²) in [5, 5.41) is 22.7. The number of aromatic hydroxyl groups is 2. The van der Waals surface area contributed by atoms with Crippen LogP contribution < -0.4 is 10.6 Å². The molecule has 0 bridgehead atoms. The maximum absolute atomic E-state index is 12.2. The third-order valence-corrected chi connectivity index (χ3v) is 2.80. The smallest absolute Gasteiger partial charge is 0.471 e. The number of nitrogens with one attached hydrogen (secondary N) is 2. The lowest BCUT2D eigenvalue weighted by Gasteiger charge is -2.10. The van der Waals surface area contributed by atoms with E-state index in [1.165, 1.54) is 18.2 Å². The van der Waals surface area contributed by atoms with Crippen LogP contribution in [0.25, 0.3) is 0 Å². The first-order valence-corrected chi connectivity index (χ1v) is 6.48. The van der Waals surface area contributed by atoms with E-state index in [1.807, 2.05) is 0 Å². The average molecular weight is 340 g/mol. The molecule has 0 heterocycles. The molecule has 0 aliphatic heterocycles. The van der Waals surface area contributed by atoms with Crippen LogP contribution in [0.3, 0.4) is 0 Å². The molecule has 0 unspecified atom stereocenters. The Morgan fingerprint density at radius 3 is 1.96 bits per heavy atom. The molecule has 0 atom stereocenters. The Morgan fingerprint density at radius 1 is 0.875 bits per heavy atom. The molecule has 0 aliphatic carbocycles. The number of benzene rings is 2. The number of rotatable bonds is 3. The quantitative estimate of drug-likeness (QED) is 0.690. The molecule has 24 heavy (non-hydrogen) atoms. The maximum atomic E-state index is 12.2. The summed E-state index contributed by atoms with van der Waals surface area (Å²) >= 11 is 0. The van der Waals surface area contributed by atoms with Gasteiger partial charge in [-0.15, -0.1) is 0 Å². The number of alkyl halides is 3. The predicted octanol–water partition coefficient (Wildman–Crippen LogP) is 2.85. The molecule has 6 nitrogen and oxygen atoms in total. The molecule has 0 radical (unpaired) electrons. The Morgan fingerprint density at radius 2 is 1.42 bits per heavy atom. The molecule has 0 aliphatic rings. The summed E-state index contributed by atoms with van der Waals surface area (Å²) in [6, 6.07) is 8.31. The number of anilines is 2. The van der Waals surface area contributed by atoms with Crippen molar-refractivity contribution in [2.75, 3.05) is 10.6 Å². The standard InChI is InChI=1S/C15H11F3N2O4/c16-15(17,18)14(24)20-10-3-1-2-9(6-10)19-13(23)8-4-11(21)7-12(22)5-8/h1-7,21-22H,(H,19,23)(H,20,24). The van der Waals surface area contributed by atoms with Crippen LogP contribution in [0.5, 0.6) is 11.5 Å². The summed E-state index contributed by atoms with van der Waals surface area (Å²) < 4.78 is 36.6. The summed E-state index contributed by atoms with van der Waals surface area (Å²) in [5.74, 6) is -3.50. The zero-order chi connectivity index (χ0) is 17.9. The van der Waals surface area contributed by atoms with Crippen LogP contribution in [0, 0.1) is 0 Å². The number of carbonyl (C=O) groups excluding carboxylic acids is 2. The Hall–Kier alpha value is -3.23. The van der Waals surface area contributed by atoms with Gasteiger partial charge in [-0.1, -0.05) is 6.07 Å². The number of hydrogen-bond donors (Lipinski definition) is 4. The van der Waals surface area contributed by atoms with Crippen LogP contribution >= 0.6 is 0 Å². The van der Waals surface area contributed by atoms with Gasteiger partial charge in [0.2, 0.25) is 0 Å². The number of phenolic OH excluding ortho intramolecular Hbond substituents is 2. The highest BCUT2D eigenvalue weighted by Gasteiger charge is 2.38. The lowest BCUT2D eigenvalue weighted by atomic mass is 10.2. The molecule has 0 aromatic heterocycles. The van der Waals surface area contributed by atoms with Crippen LogP contribution in [-0.4, -0.2) is 28.2 Å². The largest absolute Gasteiger partial charge is 0.508 e. The summed E-state index contributed by atoms with van der Waals surface area (Å²) in [4.78, 5) is 22.9. The van der Waals surface area contributed by atoms with E-state index < -0.39 is 18.0 Å². The first-order chi connectivity index (χ1) is 11.1. The van der Waals surface area contributed by atoms with Crippen molar-refractivity contribution in [1.29, 1.82) is 0 Å². The van der Waals surface area contributed by atoms with Gasteiger partial charge in [0.25, 0.3) is 5.91 Å². The zero-order valence-corrected chi connectivity index (χ0v) is 11.9. The molecular weight excluding hydrogens is 329 g/mol. The second-order valence-electron chi connectivity index (χ2n) is 4.72. The second kappa shape index (κ2) is 6.49. The number of halogens is 3. The topological polar surface area (TPSA) is 98.7 Å². The Bertz CT molecular complexity index is 770. The summed E-state index contributed by atoms with van der Waals surface area (Å²) in [6.07, 6.45) is -5.03. The van der Waals surface area contributed by atoms with Crippen LogP contribution in [0.15, 0.2) is 42.5 Å². The van der Waals surface area contributed by atoms with E-state index in [2.05, 4.69) is 5.32 Å². The van der Waals surface area contributed by atoms with Crippen LogP contribution in [0.4, 0.5) is 24.5 Å². The molecule has 9 heteroatoms. The molecule has 2 aromatic rings. The number of phenols is 2. The minimum atomic E-state index is -5.03. The third-order valence-electron chi connectivity index (χ3n) is 2.80. The fourth-order valence-electron chi connectivity index (χ4n) is 1.81. The van der Waals surface area contributed by atoms with E-state index in [1.54, 1.807) is 5.32 Å². The lowest BCUT2D eigenvalue weighted by molar-refractivity contribution is -0.167. The van der Waals surface area contributed by atoms with E-state index in [-0.39, 0.29) is 28.4 Å². The van der Waals surface area contributed by atoms with Crippen LogP contribution in [0.2, 0.25) is 0 Å². The molecule has 4 N–H and O–H groups in total. The van der Waals surface area contributed by atoms with Crippen molar-refractivity contribution in [3.8, 4) is 11.5 Å². The molecule has 0 spiro atoms. The van der Waals surface area contributed by atoms with E-state index in [0.29, 0.717) is 0 Å². The summed E-state index contributed by atoms with van der Waals surface area (Å²) in [5.41, 5.74) is -0.103. The molecule has 126 valence electrons. The Labute approximate surface area is 133 Å². The van der Waals surface area contributed by atoms with Crippen molar-refractivity contribution in [1.82, 2.24) is 0 Å². The predicted molar refractivity (Wildman–Crippen MR) is 78.9 cm³/mol. The molecule has 2 rings (SSSR count). The van der Waals surface area contributed by atoms with Crippen molar-refractivity contribution >= 4 is 23.2 Å². The third kappa shape index (κ3) is 4.38. The highest BCUT2D eigenvalue weighted by Crippen LogP contribution is 2.23. The maximum Gasteiger partial charge on any atom is 0.471 e. The van der Waals surface area contributed by atoms with Gasteiger partial charge >= 0.3 is 12.1 Å². The minimum absolute atomic E-state index is 0.0581. The number of hydrogen-bond acceptors (Lipinski definition) is 4. The monoisotopic (exact) mass is 340 g/mol. The molecule has 0 saturated carbocycles. The van der Waals surface area contributed by atoms with Crippen molar-refractivity contribution in [2.24, 2.45) is 0 Å². The molecule has 2 amide bonds. The lowest BCUT2D eigenvalue weighted by Crippen LogP contribution is -2.29. The zero-order valence-electron chi connectivity index (χ0n) is 11.9. The summed E-state index contributed by atoms with van der Waals surface area (Å²) in [6.45, 7) is 0. The molecule has 0 fully saturated rings. The molecule has 0 saturated heterocycles. The van der Waals surface area contributed by atoms with Gasteiger partial charge in [0.15, 0.2) is 0 Å². The van der Waals surface area contributed by atoms with Crippen LogP contribution in [-0.2, 0) is 4.79 Å². The fourth-order valence-corrected chi connectivity index (χ4v) is 1.81. The van der Waals surface area contributed by atoms with Gasteiger partial charge < -0.3 is 20.8 Å². The fraction of sp³-hybridized carbons (Fsp3) is 0.0667. The van der Waals surface area contributed by atoms with Crippen molar-refractivity contribution < 1.29 is 33.0 Å². The van der Waals surface area contributed by atoms with Gasteiger partial charge in [0.05, 0.1) is 0 Å². The van der Waals surface area contributed by atoms with Gasteiger partial charge in [-0.05, 0) is 30.3 Å². The first kappa shape index (κ1) is 17.1. The van der Waals surface area contributed by atoms with Gasteiger partial charge in [-0.25, -0.2) is 0 Å². The molecule has 2 aromatic carbocycles. The second-order valence-corrected chi connectivity index (χ2v) is 4.72. The van der Waals surface area contributed by atoms with E-state index in [0.717, 1.165) is 24.3 Å².